The van der Waals surface area contributed by atoms with Crippen LogP contribution in [0.25, 0.3) is 89.6 Å². The van der Waals surface area contributed by atoms with E-state index < -0.39 is 0 Å². The predicted molar refractivity (Wildman–Crippen MR) is 293 cm³/mol. The Morgan fingerprint density at radius 3 is 1.70 bits per heavy atom. The predicted octanol–water partition coefficient (Wildman–Crippen LogP) is 14.8. The minimum atomic E-state index is -0.303. The van der Waals surface area contributed by atoms with Crippen molar-refractivity contribution in [2.75, 3.05) is 0 Å². The van der Waals surface area contributed by atoms with Crippen LogP contribution in [0.4, 0.5) is 0 Å². The highest BCUT2D eigenvalue weighted by Gasteiger charge is 2.37. The largest absolute Gasteiger partial charge is 0.383 e. The summed E-state index contributed by atoms with van der Waals surface area (Å²) in [5.41, 5.74) is 23.0. The average molecular weight is 914 g/mol. The van der Waals surface area contributed by atoms with Gasteiger partial charge in [0.1, 0.15) is 5.84 Å². The number of nitrogens with two attached hydrogens (primary N) is 1. The molecule has 11 aromatic rings. The summed E-state index contributed by atoms with van der Waals surface area (Å²) in [6.45, 7) is 8.88. The second-order valence-corrected chi connectivity index (χ2v) is 18.4. The summed E-state index contributed by atoms with van der Waals surface area (Å²) in [5.74, 6) is 2.77. The maximum absolute atomic E-state index is 7.05. The van der Waals surface area contributed by atoms with Crippen LogP contribution in [0.2, 0.25) is 0 Å². The number of amidine groups is 2. The topological polar surface area (TPSA) is 94.3 Å². The third kappa shape index (κ3) is 7.80. The first-order chi connectivity index (χ1) is 34.8. The molecule has 2 N–H and O–H groups in total. The van der Waals surface area contributed by atoms with Crippen molar-refractivity contribution in [2.45, 2.75) is 19.3 Å². The summed E-state index contributed by atoms with van der Waals surface area (Å²) in [6, 6.07) is 77.2. The van der Waals surface area contributed by atoms with Gasteiger partial charge in [0.05, 0.1) is 16.7 Å². The molecule has 7 nitrogen and oxygen atoms in total. The third-order valence-electron chi connectivity index (χ3n) is 13.7. The second kappa shape index (κ2) is 17.6. The van der Waals surface area contributed by atoms with E-state index in [9.17, 15) is 0 Å². The van der Waals surface area contributed by atoms with Gasteiger partial charge in [-0.2, -0.15) is 0 Å². The molecule has 0 unspecified atom stereocenters. The minimum absolute atomic E-state index is 0.303. The number of benzene rings is 9. The highest BCUT2D eigenvalue weighted by Crippen LogP contribution is 2.51. The number of hydrogen-bond donors (Lipinski definition) is 1. The fraction of sp³-hybridized carbons (Fsp3) is 0.0469. The van der Waals surface area contributed by atoms with Gasteiger partial charge < -0.3 is 10.3 Å². The smallest absolute Gasteiger partial charge is 0.164 e. The quantitative estimate of drug-likeness (QED) is 0.115. The molecule has 1 aliphatic carbocycles. The van der Waals surface area contributed by atoms with Crippen LogP contribution in [0.3, 0.4) is 0 Å². The van der Waals surface area contributed by atoms with Gasteiger partial charge in [-0.25, -0.2) is 24.9 Å². The van der Waals surface area contributed by atoms with Gasteiger partial charge in [-0.15, -0.1) is 0 Å². The molecule has 12 rings (SSSR count). The SMILES string of the molecule is C=C(N=C(N=C(N)c1cccc2c1-c1ccc(-c3ccc4c(c3)c3ccccc3n4-c3cccc(-c4nc(-c5ccccc5)nc(-c5ccccc5)n4)c3)cc1C2(C)C)c1ccccc1)c1ccccc1. The van der Waals surface area contributed by atoms with E-state index in [2.05, 4.69) is 128 Å². The molecule has 0 saturated heterocycles. The lowest BCUT2D eigenvalue weighted by Gasteiger charge is -2.22. The Labute approximate surface area is 412 Å². The number of fused-ring (bicyclic) bond motifs is 6. The van der Waals surface area contributed by atoms with Crippen LogP contribution in [-0.4, -0.2) is 31.2 Å². The Kier molecular flexibility index (Phi) is 10.7. The first kappa shape index (κ1) is 43.0. The Balaban J connectivity index is 0.923. The molecule has 0 atom stereocenters. The van der Waals surface area contributed by atoms with Crippen molar-refractivity contribution in [3.05, 3.63) is 259 Å². The molecule has 9 aromatic carbocycles. The van der Waals surface area contributed by atoms with Crippen molar-refractivity contribution in [2.24, 2.45) is 15.7 Å². The van der Waals surface area contributed by atoms with Gasteiger partial charge in [0.2, 0.25) is 0 Å². The molecular formula is C64H47N7. The standard InChI is InChI=1S/C64H47N7/c1-41(42-20-8-4-9-21-42)66-60(43-22-10-5-11-23-43)67-59(65)52-31-19-32-54-58(52)51-36-34-47(40-55(51)64(54,2)3)46-35-37-57-53(39-46)50-30-16-17-33-56(50)71(57)49-29-18-28-48(38-49)63-69-61(44-24-12-6-13-25-44)68-62(70-63)45-26-14-7-15-27-45/h4-40H,1H2,2-3H3,(H2,65,66,67). The molecule has 2 heterocycles. The number of nitrogens with zero attached hydrogens (tertiary/aromatic N) is 6. The van der Waals surface area contributed by atoms with Gasteiger partial charge in [-0.1, -0.05) is 208 Å². The van der Waals surface area contributed by atoms with Gasteiger partial charge in [-0.3, -0.25) is 0 Å². The van der Waals surface area contributed by atoms with Gasteiger partial charge >= 0.3 is 0 Å². The summed E-state index contributed by atoms with van der Waals surface area (Å²) in [6.07, 6.45) is 0. The van der Waals surface area contributed by atoms with Crippen molar-refractivity contribution in [3.8, 4) is 62.1 Å². The summed E-state index contributed by atoms with van der Waals surface area (Å²) < 4.78 is 2.34. The number of para-hydroxylation sites is 1. The molecule has 71 heavy (non-hydrogen) atoms. The summed E-state index contributed by atoms with van der Waals surface area (Å²) in [4.78, 5) is 25.0. The fourth-order valence-electron chi connectivity index (χ4n) is 10.1. The molecule has 0 radical (unpaired) electrons. The first-order valence-electron chi connectivity index (χ1n) is 23.8. The fourth-order valence-corrected chi connectivity index (χ4v) is 10.1. The minimum Gasteiger partial charge on any atom is -0.383 e. The lowest BCUT2D eigenvalue weighted by Crippen LogP contribution is -2.19. The van der Waals surface area contributed by atoms with E-state index >= 15 is 0 Å². The molecule has 7 heteroatoms. The van der Waals surface area contributed by atoms with Crippen LogP contribution >= 0.6 is 0 Å². The number of hydrogen-bond acceptors (Lipinski definition) is 4. The Hall–Kier alpha value is -9.33. The van der Waals surface area contributed by atoms with Crippen molar-refractivity contribution in [1.82, 2.24) is 19.5 Å². The van der Waals surface area contributed by atoms with Gasteiger partial charge in [0.25, 0.3) is 0 Å². The second-order valence-electron chi connectivity index (χ2n) is 18.4. The molecule has 0 aliphatic heterocycles. The molecule has 0 saturated carbocycles. The molecule has 0 fully saturated rings. The van der Waals surface area contributed by atoms with E-state index in [1.165, 1.54) is 21.9 Å². The van der Waals surface area contributed by atoms with Crippen LogP contribution in [-0.2, 0) is 5.41 Å². The van der Waals surface area contributed by atoms with Crippen LogP contribution in [0, 0.1) is 0 Å². The van der Waals surface area contributed by atoms with Crippen molar-refractivity contribution in [3.63, 3.8) is 0 Å². The number of aromatic nitrogens is 4. The maximum atomic E-state index is 7.05. The van der Waals surface area contributed by atoms with E-state index in [4.69, 9.17) is 30.7 Å². The highest BCUT2D eigenvalue weighted by molar-refractivity contribution is 6.15. The normalized spacial score (nSPS) is 13.0. The zero-order valence-electron chi connectivity index (χ0n) is 39.3. The summed E-state index contributed by atoms with van der Waals surface area (Å²) in [7, 11) is 0. The van der Waals surface area contributed by atoms with E-state index in [0.717, 1.165) is 72.4 Å². The molecule has 338 valence electrons. The monoisotopic (exact) mass is 913 g/mol. The maximum Gasteiger partial charge on any atom is 0.164 e. The van der Waals surface area contributed by atoms with Crippen LogP contribution < -0.4 is 5.73 Å². The van der Waals surface area contributed by atoms with Crippen LogP contribution in [0.15, 0.2) is 241 Å². The van der Waals surface area contributed by atoms with Crippen molar-refractivity contribution >= 4 is 39.2 Å². The van der Waals surface area contributed by atoms with Crippen LogP contribution in [0.1, 0.15) is 41.7 Å². The van der Waals surface area contributed by atoms with Crippen molar-refractivity contribution in [1.29, 1.82) is 0 Å². The summed E-state index contributed by atoms with van der Waals surface area (Å²) in [5, 5.41) is 2.34. The van der Waals surface area contributed by atoms with Gasteiger partial charge in [-0.05, 0) is 75.3 Å². The Morgan fingerprint density at radius 2 is 1.01 bits per heavy atom. The lowest BCUT2D eigenvalue weighted by molar-refractivity contribution is 0.660. The van der Waals surface area contributed by atoms with Gasteiger partial charge in [0.15, 0.2) is 23.3 Å². The van der Waals surface area contributed by atoms with E-state index in [-0.39, 0.29) is 5.41 Å². The number of aliphatic imine (C=N–C) groups is 2. The van der Waals surface area contributed by atoms with Gasteiger partial charge in [0, 0.05) is 49.7 Å². The molecular weight excluding hydrogens is 867 g/mol. The zero-order chi connectivity index (χ0) is 48.1. The number of rotatable bonds is 9. The molecule has 1 aliphatic rings. The van der Waals surface area contributed by atoms with E-state index in [1.807, 2.05) is 121 Å². The third-order valence-corrected chi connectivity index (χ3v) is 13.7. The Bertz CT molecular complexity index is 3850. The molecule has 0 amide bonds. The summed E-state index contributed by atoms with van der Waals surface area (Å²) >= 11 is 0. The molecule has 2 aromatic heterocycles. The van der Waals surface area contributed by atoms with E-state index in [1.54, 1.807) is 0 Å². The average Bonchev–Trinajstić information content (AvgIpc) is 3.88. The lowest BCUT2D eigenvalue weighted by atomic mass is 9.81. The van der Waals surface area contributed by atoms with Crippen LogP contribution in [0.5, 0.6) is 0 Å². The zero-order valence-corrected chi connectivity index (χ0v) is 39.3. The Morgan fingerprint density at radius 1 is 0.465 bits per heavy atom. The molecule has 0 spiro atoms. The first-order valence-corrected chi connectivity index (χ1v) is 23.8. The van der Waals surface area contributed by atoms with E-state index in [0.29, 0.717) is 34.8 Å². The highest BCUT2D eigenvalue weighted by atomic mass is 15.0. The molecule has 0 bridgehead atoms. The van der Waals surface area contributed by atoms with Crippen molar-refractivity contribution < 1.29 is 0 Å².